The molecule has 2 amide bonds. The Morgan fingerprint density at radius 2 is 1.69 bits per heavy atom. The smallest absolute Gasteiger partial charge is 0.253 e. The maximum Gasteiger partial charge on any atom is 0.253 e. The average molecular weight is 374 g/mol. The normalized spacial score (nSPS) is 12.8. The van der Waals surface area contributed by atoms with E-state index in [9.17, 15) is 9.59 Å². The lowest BCUT2D eigenvalue weighted by molar-refractivity contribution is -0.115. The summed E-state index contributed by atoms with van der Waals surface area (Å²) in [4.78, 5) is 26.5. The zero-order valence-corrected chi connectivity index (χ0v) is 16.2. The highest BCUT2D eigenvalue weighted by Gasteiger charge is 2.18. The second-order valence-electron chi connectivity index (χ2n) is 6.34. The predicted octanol–water partition coefficient (Wildman–Crippen LogP) is 3.81. The highest BCUT2D eigenvalue weighted by molar-refractivity contribution is 6.32. The molecule has 0 aromatic heterocycles. The van der Waals surface area contributed by atoms with Crippen LogP contribution in [0.4, 0.5) is 11.4 Å². The molecule has 0 fully saturated rings. The Hall–Kier alpha value is -2.53. The third kappa shape index (κ3) is 4.99. The van der Waals surface area contributed by atoms with Gasteiger partial charge in [0, 0.05) is 25.5 Å². The van der Waals surface area contributed by atoms with Crippen molar-refractivity contribution in [2.75, 3.05) is 24.3 Å². The largest absolute Gasteiger partial charge is 0.377 e. The maximum absolute atomic E-state index is 12.8. The fraction of sp³-hybridized carbons (Fsp3) is 0.300. The lowest BCUT2D eigenvalue weighted by atomic mass is 10.1. The van der Waals surface area contributed by atoms with Gasteiger partial charge in [-0.15, -0.1) is 11.6 Å². The summed E-state index contributed by atoms with van der Waals surface area (Å²) in [5.41, 5.74) is 2.80. The Kier molecular flexibility index (Phi) is 6.64. The van der Waals surface area contributed by atoms with E-state index in [4.69, 9.17) is 11.6 Å². The molecule has 2 aromatic carbocycles. The number of benzene rings is 2. The van der Waals surface area contributed by atoms with E-state index < -0.39 is 5.38 Å². The van der Waals surface area contributed by atoms with Crippen molar-refractivity contribution in [1.29, 1.82) is 0 Å². The van der Waals surface area contributed by atoms with Crippen molar-refractivity contribution < 1.29 is 9.59 Å². The SMILES string of the molecule is C[C@H](Cl)C(=O)Nc1ccc(N(C)C)c(C(=O)N[C@H](C)c2ccccc2)c1. The van der Waals surface area contributed by atoms with Gasteiger partial charge < -0.3 is 15.5 Å². The molecule has 26 heavy (non-hydrogen) atoms. The minimum Gasteiger partial charge on any atom is -0.377 e. The third-order valence-corrected chi connectivity index (χ3v) is 4.20. The number of alkyl halides is 1. The Bertz CT molecular complexity index is 776. The molecule has 6 heteroatoms. The Morgan fingerprint density at radius 3 is 2.27 bits per heavy atom. The molecule has 0 unspecified atom stereocenters. The van der Waals surface area contributed by atoms with E-state index in [1.54, 1.807) is 25.1 Å². The second-order valence-corrected chi connectivity index (χ2v) is 6.99. The van der Waals surface area contributed by atoms with Crippen LogP contribution in [0.25, 0.3) is 0 Å². The van der Waals surface area contributed by atoms with Gasteiger partial charge in [-0.2, -0.15) is 0 Å². The molecule has 0 saturated carbocycles. The number of halogens is 1. The molecule has 2 rings (SSSR count). The van der Waals surface area contributed by atoms with Gasteiger partial charge in [0.2, 0.25) is 5.91 Å². The fourth-order valence-electron chi connectivity index (χ4n) is 2.53. The monoisotopic (exact) mass is 373 g/mol. The van der Waals surface area contributed by atoms with Gasteiger partial charge in [0.1, 0.15) is 5.38 Å². The van der Waals surface area contributed by atoms with E-state index in [1.807, 2.05) is 56.3 Å². The third-order valence-electron chi connectivity index (χ3n) is 4.00. The van der Waals surface area contributed by atoms with Gasteiger partial charge in [-0.05, 0) is 37.6 Å². The molecule has 2 aromatic rings. The first-order chi connectivity index (χ1) is 12.3. The molecule has 0 radical (unpaired) electrons. The van der Waals surface area contributed by atoms with Crippen LogP contribution in [0, 0.1) is 0 Å². The van der Waals surface area contributed by atoms with E-state index in [0.717, 1.165) is 11.3 Å². The van der Waals surface area contributed by atoms with Crippen molar-refractivity contribution in [2.24, 2.45) is 0 Å². The Balaban J connectivity index is 2.26. The van der Waals surface area contributed by atoms with Gasteiger partial charge in [0.15, 0.2) is 0 Å². The van der Waals surface area contributed by atoms with Crippen LogP contribution in [0.15, 0.2) is 48.5 Å². The molecule has 0 spiro atoms. The minimum absolute atomic E-state index is 0.139. The first-order valence-corrected chi connectivity index (χ1v) is 8.85. The van der Waals surface area contributed by atoms with Crippen molar-refractivity contribution in [3.05, 3.63) is 59.7 Å². The van der Waals surface area contributed by atoms with Crippen LogP contribution < -0.4 is 15.5 Å². The molecule has 0 aliphatic heterocycles. The predicted molar refractivity (Wildman–Crippen MR) is 107 cm³/mol. The summed E-state index contributed by atoms with van der Waals surface area (Å²) in [6.07, 6.45) is 0. The molecule has 0 bridgehead atoms. The molecule has 5 nitrogen and oxygen atoms in total. The van der Waals surface area contributed by atoms with E-state index in [2.05, 4.69) is 10.6 Å². The van der Waals surface area contributed by atoms with Crippen LogP contribution in [0.3, 0.4) is 0 Å². The van der Waals surface area contributed by atoms with Crippen molar-refractivity contribution in [3.8, 4) is 0 Å². The number of carbonyl (C=O) groups is 2. The van der Waals surface area contributed by atoms with Gasteiger partial charge in [0.25, 0.3) is 5.91 Å². The minimum atomic E-state index is -0.654. The van der Waals surface area contributed by atoms with E-state index >= 15 is 0 Å². The van der Waals surface area contributed by atoms with Crippen LogP contribution in [-0.2, 0) is 4.79 Å². The zero-order valence-electron chi connectivity index (χ0n) is 15.4. The molecule has 138 valence electrons. The number of rotatable bonds is 6. The van der Waals surface area contributed by atoms with E-state index in [-0.39, 0.29) is 17.9 Å². The lowest BCUT2D eigenvalue weighted by Gasteiger charge is -2.20. The number of nitrogens with one attached hydrogen (secondary N) is 2. The number of hydrogen-bond donors (Lipinski definition) is 2. The summed E-state index contributed by atoms with van der Waals surface area (Å²) in [6.45, 7) is 3.53. The molecule has 2 N–H and O–H groups in total. The summed E-state index contributed by atoms with van der Waals surface area (Å²) in [7, 11) is 3.73. The van der Waals surface area contributed by atoms with Crippen molar-refractivity contribution in [2.45, 2.75) is 25.3 Å². The molecular formula is C20H24ClN3O2. The molecule has 2 atom stereocenters. The molecule has 0 aliphatic carbocycles. The summed E-state index contributed by atoms with van der Waals surface area (Å²) >= 11 is 5.80. The van der Waals surface area contributed by atoms with Crippen molar-refractivity contribution in [1.82, 2.24) is 5.32 Å². The van der Waals surface area contributed by atoms with E-state index in [1.165, 1.54) is 0 Å². The Morgan fingerprint density at radius 1 is 1.04 bits per heavy atom. The van der Waals surface area contributed by atoms with Gasteiger partial charge >= 0.3 is 0 Å². The number of anilines is 2. The molecule has 0 saturated heterocycles. The highest BCUT2D eigenvalue weighted by atomic mass is 35.5. The standard InChI is InChI=1S/C20H24ClN3O2/c1-13(21)19(25)23-16-10-11-18(24(3)4)17(12-16)20(26)22-14(2)15-8-6-5-7-9-15/h5-14H,1-4H3,(H,22,26)(H,23,25)/t13-,14+/m0/s1. The van der Waals surface area contributed by atoms with Crippen LogP contribution in [0.1, 0.15) is 35.8 Å². The number of carbonyl (C=O) groups excluding carboxylic acids is 2. The van der Waals surface area contributed by atoms with Crippen LogP contribution >= 0.6 is 11.6 Å². The molecule has 0 heterocycles. The van der Waals surface area contributed by atoms with E-state index in [0.29, 0.717) is 11.3 Å². The second kappa shape index (κ2) is 8.72. The van der Waals surface area contributed by atoms with Crippen molar-refractivity contribution in [3.63, 3.8) is 0 Å². The summed E-state index contributed by atoms with van der Waals surface area (Å²) < 4.78 is 0. The Labute approximate surface area is 159 Å². The number of hydrogen-bond acceptors (Lipinski definition) is 3. The zero-order chi connectivity index (χ0) is 19.3. The van der Waals surface area contributed by atoms with Gasteiger partial charge in [0.05, 0.1) is 11.6 Å². The average Bonchev–Trinajstić information content (AvgIpc) is 2.61. The first-order valence-electron chi connectivity index (χ1n) is 8.41. The first kappa shape index (κ1) is 19.8. The summed E-state index contributed by atoms with van der Waals surface area (Å²) in [5.74, 6) is -0.520. The summed E-state index contributed by atoms with van der Waals surface area (Å²) in [6, 6.07) is 14.8. The highest BCUT2D eigenvalue weighted by Crippen LogP contribution is 2.24. The number of amides is 2. The van der Waals surface area contributed by atoms with Crippen molar-refractivity contribution >= 4 is 34.8 Å². The summed E-state index contributed by atoms with van der Waals surface area (Å²) in [5, 5.41) is 5.07. The van der Waals surface area contributed by atoms with Gasteiger partial charge in [-0.3, -0.25) is 9.59 Å². The van der Waals surface area contributed by atoms with Gasteiger partial charge in [-0.1, -0.05) is 30.3 Å². The fourth-order valence-corrected chi connectivity index (χ4v) is 2.58. The lowest BCUT2D eigenvalue weighted by Crippen LogP contribution is -2.28. The molecule has 0 aliphatic rings. The maximum atomic E-state index is 12.8. The van der Waals surface area contributed by atoms with Crippen LogP contribution in [-0.4, -0.2) is 31.3 Å². The van der Waals surface area contributed by atoms with Crippen LogP contribution in [0.2, 0.25) is 0 Å². The quantitative estimate of drug-likeness (QED) is 0.757. The topological polar surface area (TPSA) is 61.4 Å². The number of nitrogens with zero attached hydrogens (tertiary/aromatic N) is 1. The van der Waals surface area contributed by atoms with Gasteiger partial charge in [-0.25, -0.2) is 0 Å². The van der Waals surface area contributed by atoms with Crippen LogP contribution in [0.5, 0.6) is 0 Å². The molecular weight excluding hydrogens is 350 g/mol.